The monoisotopic (exact) mass is 566 g/mol. The molecule has 0 bridgehead atoms. The Morgan fingerprint density at radius 1 is 1.20 bits per heavy atom. The molecule has 2 N–H and O–H groups in total. The largest absolute Gasteiger partial charge is 0.461 e. The van der Waals surface area contributed by atoms with Gasteiger partial charge in [0.15, 0.2) is 5.60 Å². The van der Waals surface area contributed by atoms with Crippen LogP contribution in [-0.2, 0) is 39.5 Å². The summed E-state index contributed by atoms with van der Waals surface area (Å²) in [4.78, 5) is 46.4. The van der Waals surface area contributed by atoms with Crippen LogP contribution in [0.3, 0.4) is 0 Å². The minimum absolute atomic E-state index is 0.0255. The lowest BCUT2D eigenvalue weighted by Gasteiger charge is -2.29. The summed E-state index contributed by atoms with van der Waals surface area (Å²) < 4.78 is 21.5. The lowest BCUT2D eigenvalue weighted by molar-refractivity contribution is -0.145. The number of hydrogen-bond acceptors (Lipinski definition) is 7. The van der Waals surface area contributed by atoms with Crippen molar-refractivity contribution in [2.24, 2.45) is 0 Å². The molecule has 41 heavy (non-hydrogen) atoms. The second-order valence-electron chi connectivity index (χ2n) is 10.9. The summed E-state index contributed by atoms with van der Waals surface area (Å²) in [5, 5.41) is 15.4. The number of rotatable bonds is 11. The van der Waals surface area contributed by atoms with Gasteiger partial charge in [-0.15, -0.1) is 0 Å². The number of benzene rings is 1. The van der Waals surface area contributed by atoms with Crippen LogP contribution in [0.2, 0.25) is 0 Å². The van der Waals surface area contributed by atoms with Crippen LogP contribution in [0.1, 0.15) is 67.9 Å². The molecule has 0 fully saturated rings. The molecule has 0 aliphatic carbocycles. The van der Waals surface area contributed by atoms with Crippen LogP contribution in [0, 0.1) is 12.7 Å². The van der Waals surface area contributed by atoms with Gasteiger partial charge in [0.1, 0.15) is 12.4 Å². The number of likely N-dealkylation sites (N-methyl/N-ethyl adjacent to an activating group) is 1. The van der Waals surface area contributed by atoms with E-state index in [4.69, 9.17) is 9.72 Å². The average Bonchev–Trinajstić information content (AvgIpc) is 3.29. The number of ether oxygens (including phenoxy) is 1. The van der Waals surface area contributed by atoms with Gasteiger partial charge in [-0.25, -0.2) is 9.37 Å². The van der Waals surface area contributed by atoms with Gasteiger partial charge in [0.25, 0.3) is 11.5 Å². The number of hydrogen-bond donors (Lipinski definition) is 2. The first-order valence-electron chi connectivity index (χ1n) is 14.2. The fourth-order valence-electron chi connectivity index (χ4n) is 5.44. The van der Waals surface area contributed by atoms with E-state index in [1.165, 1.54) is 10.6 Å². The van der Waals surface area contributed by atoms with Gasteiger partial charge >= 0.3 is 5.97 Å². The maximum atomic E-state index is 14.5. The topological polar surface area (TPSA) is 114 Å². The molecule has 1 aromatic carbocycles. The third kappa shape index (κ3) is 5.63. The number of pyridine rings is 2. The third-order valence-electron chi connectivity index (χ3n) is 7.81. The van der Waals surface area contributed by atoms with E-state index in [-0.39, 0.29) is 42.9 Å². The molecular formula is C31H39FN4O5. The van der Waals surface area contributed by atoms with E-state index in [0.717, 1.165) is 16.5 Å². The van der Waals surface area contributed by atoms with Crippen molar-refractivity contribution in [3.8, 4) is 11.4 Å². The van der Waals surface area contributed by atoms with Crippen LogP contribution in [0.25, 0.3) is 22.3 Å². The van der Waals surface area contributed by atoms with Gasteiger partial charge in [-0.2, -0.15) is 0 Å². The molecule has 220 valence electrons. The van der Waals surface area contributed by atoms with E-state index in [1.54, 1.807) is 26.0 Å². The molecule has 1 amide bonds. The number of amides is 1. The van der Waals surface area contributed by atoms with Crippen molar-refractivity contribution in [2.75, 3.05) is 27.2 Å². The molecule has 4 rings (SSSR count). The summed E-state index contributed by atoms with van der Waals surface area (Å²) in [6.45, 7) is 7.89. The number of aliphatic hydroxyl groups is 1. The van der Waals surface area contributed by atoms with Gasteiger partial charge in [0.2, 0.25) is 0 Å². The standard InChI is InChI=1S/C31H39FN4O5/c1-7-10-27(37)41-17-22-23(31(40,9-3)30(39)33-11-12-35(5)6)14-26-28-21(16-36(26)29(22)38)19(8-2)20-13-18(4)24(32)15-25(20)34-28/h13-15,40H,7-12,16-17H2,1-6H3,(H,33,39)/t31-/m0/s1. The predicted octanol–water partition coefficient (Wildman–Crippen LogP) is 3.55. The predicted molar refractivity (Wildman–Crippen MR) is 155 cm³/mol. The van der Waals surface area contributed by atoms with E-state index < -0.39 is 23.0 Å². The van der Waals surface area contributed by atoms with E-state index in [9.17, 15) is 23.9 Å². The molecule has 0 unspecified atom stereocenters. The molecule has 9 nitrogen and oxygen atoms in total. The molecule has 1 aliphatic heterocycles. The maximum Gasteiger partial charge on any atom is 0.306 e. The SMILES string of the molecule is CCCC(=O)OCc1c([C@@](O)(CC)C(=O)NCCN(C)C)cc2n(c1=O)Cc1c-2nc2cc(F)c(C)cc2c1CC. The van der Waals surface area contributed by atoms with E-state index in [0.29, 0.717) is 48.4 Å². The van der Waals surface area contributed by atoms with Gasteiger partial charge in [0.05, 0.1) is 29.0 Å². The summed E-state index contributed by atoms with van der Waals surface area (Å²) in [6.07, 6.45) is 1.37. The Morgan fingerprint density at radius 2 is 1.93 bits per heavy atom. The lowest BCUT2D eigenvalue weighted by atomic mass is 9.86. The Morgan fingerprint density at radius 3 is 2.56 bits per heavy atom. The van der Waals surface area contributed by atoms with Crippen LogP contribution in [0.5, 0.6) is 0 Å². The van der Waals surface area contributed by atoms with Gasteiger partial charge in [-0.3, -0.25) is 14.4 Å². The van der Waals surface area contributed by atoms with Gasteiger partial charge in [0, 0.05) is 42.1 Å². The quantitative estimate of drug-likeness (QED) is 0.267. The van der Waals surface area contributed by atoms with Crippen molar-refractivity contribution in [2.45, 2.75) is 72.1 Å². The second-order valence-corrected chi connectivity index (χ2v) is 10.9. The maximum absolute atomic E-state index is 14.5. The minimum atomic E-state index is -2.07. The van der Waals surface area contributed by atoms with Crippen LogP contribution in [0.4, 0.5) is 4.39 Å². The van der Waals surface area contributed by atoms with Crippen molar-refractivity contribution in [1.29, 1.82) is 0 Å². The first kappa shape index (κ1) is 30.3. The van der Waals surface area contributed by atoms with E-state index >= 15 is 0 Å². The molecule has 10 heteroatoms. The molecular weight excluding hydrogens is 527 g/mol. The van der Waals surface area contributed by atoms with Crippen LogP contribution in [0.15, 0.2) is 23.0 Å². The normalized spacial score (nSPS) is 13.7. The van der Waals surface area contributed by atoms with Crippen molar-refractivity contribution >= 4 is 22.8 Å². The highest BCUT2D eigenvalue weighted by Gasteiger charge is 2.41. The number of carbonyl (C=O) groups is 2. The van der Waals surface area contributed by atoms with Gasteiger partial charge in [-0.05, 0) is 63.5 Å². The number of esters is 1. The fourth-order valence-corrected chi connectivity index (χ4v) is 5.44. The molecule has 1 atom stereocenters. The Balaban J connectivity index is 1.93. The average molecular weight is 567 g/mol. The number of nitrogens with zero attached hydrogens (tertiary/aromatic N) is 3. The number of fused-ring (bicyclic) bond motifs is 4. The zero-order valence-electron chi connectivity index (χ0n) is 24.7. The van der Waals surface area contributed by atoms with Crippen molar-refractivity contribution in [1.82, 2.24) is 19.8 Å². The smallest absolute Gasteiger partial charge is 0.306 e. The summed E-state index contributed by atoms with van der Waals surface area (Å²) in [7, 11) is 3.74. The number of aromatic nitrogens is 2. The number of carbonyl (C=O) groups excluding carboxylic acids is 2. The Hall–Kier alpha value is -3.63. The Bertz CT molecular complexity index is 1560. The summed E-state index contributed by atoms with van der Waals surface area (Å²) >= 11 is 0. The first-order valence-corrected chi connectivity index (χ1v) is 14.2. The molecule has 0 radical (unpaired) electrons. The number of aryl methyl sites for hydroxylation is 2. The highest BCUT2D eigenvalue weighted by Crippen LogP contribution is 2.39. The van der Waals surface area contributed by atoms with E-state index in [1.807, 2.05) is 32.8 Å². The molecule has 0 saturated carbocycles. The number of nitrogens with one attached hydrogen (secondary N) is 1. The van der Waals surface area contributed by atoms with E-state index in [2.05, 4.69) is 5.32 Å². The molecule has 0 saturated heterocycles. The zero-order chi connectivity index (χ0) is 30.1. The van der Waals surface area contributed by atoms with Crippen LogP contribution < -0.4 is 10.9 Å². The van der Waals surface area contributed by atoms with Crippen molar-refractivity contribution in [3.63, 3.8) is 0 Å². The summed E-state index contributed by atoms with van der Waals surface area (Å²) in [5.41, 5.74) is 1.29. The second kappa shape index (κ2) is 12.1. The summed E-state index contributed by atoms with van der Waals surface area (Å²) in [5.74, 6) is -1.49. The third-order valence-corrected chi connectivity index (χ3v) is 7.81. The molecule has 0 spiro atoms. The summed E-state index contributed by atoms with van der Waals surface area (Å²) in [6, 6.07) is 4.78. The van der Waals surface area contributed by atoms with Gasteiger partial charge in [-0.1, -0.05) is 20.8 Å². The Kier molecular flexibility index (Phi) is 8.94. The zero-order valence-corrected chi connectivity index (χ0v) is 24.7. The first-order chi connectivity index (χ1) is 19.5. The molecule has 3 heterocycles. The lowest BCUT2D eigenvalue weighted by Crippen LogP contribution is -2.47. The molecule has 3 aromatic rings. The molecule has 2 aromatic heterocycles. The number of halogens is 1. The highest BCUT2D eigenvalue weighted by molar-refractivity contribution is 5.90. The fraction of sp³-hybridized carbons (Fsp3) is 0.484. The van der Waals surface area contributed by atoms with Crippen molar-refractivity contribution < 1.29 is 23.8 Å². The van der Waals surface area contributed by atoms with Crippen LogP contribution >= 0.6 is 0 Å². The van der Waals surface area contributed by atoms with Gasteiger partial charge < -0.3 is 24.6 Å². The van der Waals surface area contributed by atoms with Crippen molar-refractivity contribution in [3.05, 3.63) is 62.2 Å². The minimum Gasteiger partial charge on any atom is -0.461 e. The Labute approximate surface area is 239 Å². The van der Waals surface area contributed by atoms with Crippen LogP contribution in [-0.4, -0.2) is 58.6 Å². The molecule has 1 aliphatic rings. The highest BCUT2D eigenvalue weighted by atomic mass is 19.1.